The third kappa shape index (κ3) is 9.66. The van der Waals surface area contributed by atoms with Crippen molar-refractivity contribution in [3.63, 3.8) is 0 Å². The number of hydrogen-bond donors (Lipinski definition) is 2. The van der Waals surface area contributed by atoms with Gasteiger partial charge < -0.3 is 10.1 Å². The Morgan fingerprint density at radius 1 is 1.09 bits per heavy atom. The van der Waals surface area contributed by atoms with Gasteiger partial charge in [0.05, 0.1) is 18.6 Å². The molecule has 1 unspecified atom stereocenters. The predicted molar refractivity (Wildman–Crippen MR) is 179 cm³/mol. The van der Waals surface area contributed by atoms with Gasteiger partial charge in [-0.25, -0.2) is 4.79 Å². The van der Waals surface area contributed by atoms with Crippen LogP contribution in [0.1, 0.15) is 89.2 Å². The van der Waals surface area contributed by atoms with Gasteiger partial charge in [0.25, 0.3) is 0 Å². The largest absolute Gasteiger partial charge is 0.491 e. The predicted octanol–water partition coefficient (Wildman–Crippen LogP) is 7.78. The summed E-state index contributed by atoms with van der Waals surface area (Å²) in [5, 5.41) is 7.32. The standard InChI is InChI=1S/C34H38N4O4.C2H6/c1-5-6-12-32(36-24(4)31(22-39)27-17-19-28(20-18-27)41-23(2)3)35-21-25-13-15-26(16-14-25)29-10-8-7-9-11-30(29)33-37-34(40)42-38-33;1-2/h7-11,13-20,22-23,30H,5-6,12,21H2,1-4H3,(H,35,36)(H,37,38,40);1-2H3/b31-24+;. The van der Waals surface area contributed by atoms with Crippen molar-refractivity contribution >= 4 is 23.3 Å². The highest BCUT2D eigenvalue weighted by Crippen LogP contribution is 2.33. The van der Waals surface area contributed by atoms with Gasteiger partial charge in [-0.1, -0.05) is 99.1 Å². The van der Waals surface area contributed by atoms with Gasteiger partial charge in [0.2, 0.25) is 0 Å². The van der Waals surface area contributed by atoms with Gasteiger partial charge in [-0.15, -0.1) is 0 Å². The first kappa shape index (κ1) is 33.8. The van der Waals surface area contributed by atoms with Crippen LogP contribution >= 0.6 is 0 Å². The van der Waals surface area contributed by atoms with Crippen LogP contribution in [0, 0.1) is 0 Å². The molecule has 4 rings (SSSR count). The summed E-state index contributed by atoms with van der Waals surface area (Å²) in [4.78, 5) is 31.2. The molecule has 0 saturated carbocycles. The number of aliphatic imine (C=N–C) groups is 1. The summed E-state index contributed by atoms with van der Waals surface area (Å²) < 4.78 is 10.5. The lowest BCUT2D eigenvalue weighted by molar-refractivity contribution is -0.103. The fourth-order valence-corrected chi connectivity index (χ4v) is 4.65. The molecule has 3 aromatic rings. The van der Waals surface area contributed by atoms with Crippen LogP contribution in [-0.4, -0.2) is 28.4 Å². The Kier molecular flexibility index (Phi) is 13.4. The van der Waals surface area contributed by atoms with Crippen LogP contribution in [-0.2, 0) is 11.3 Å². The second-order valence-corrected chi connectivity index (χ2v) is 10.4. The van der Waals surface area contributed by atoms with Crippen LogP contribution in [0.5, 0.6) is 5.75 Å². The molecule has 8 nitrogen and oxygen atoms in total. The maximum absolute atomic E-state index is 12.1. The van der Waals surface area contributed by atoms with Crippen LogP contribution in [0.25, 0.3) is 11.1 Å². The minimum Gasteiger partial charge on any atom is -0.491 e. The Hall–Kier alpha value is -4.72. The monoisotopic (exact) mass is 596 g/mol. The number of benzene rings is 2. The zero-order valence-corrected chi connectivity index (χ0v) is 26.6. The van der Waals surface area contributed by atoms with Crippen molar-refractivity contribution in [1.82, 2.24) is 15.5 Å². The van der Waals surface area contributed by atoms with Crippen molar-refractivity contribution in [2.45, 2.75) is 79.4 Å². The number of unbranched alkanes of at least 4 members (excludes halogenated alkanes) is 1. The van der Waals surface area contributed by atoms with E-state index in [-0.39, 0.29) is 12.0 Å². The van der Waals surface area contributed by atoms with E-state index >= 15 is 0 Å². The quantitative estimate of drug-likeness (QED) is 0.0956. The number of aromatic amines is 1. The van der Waals surface area contributed by atoms with Crippen LogP contribution < -0.4 is 15.8 Å². The minimum atomic E-state index is -0.574. The van der Waals surface area contributed by atoms with E-state index in [4.69, 9.17) is 14.3 Å². The third-order valence-electron chi connectivity index (χ3n) is 6.79. The Bertz CT molecular complexity index is 1550. The molecule has 1 aliphatic carbocycles. The van der Waals surface area contributed by atoms with Gasteiger partial charge >= 0.3 is 5.76 Å². The number of nitrogens with one attached hydrogen (secondary N) is 2. The summed E-state index contributed by atoms with van der Waals surface area (Å²) in [6.07, 6.45) is 13.6. The van der Waals surface area contributed by atoms with Gasteiger partial charge in [-0.05, 0) is 61.6 Å². The van der Waals surface area contributed by atoms with Gasteiger partial charge in [0.15, 0.2) is 12.1 Å². The van der Waals surface area contributed by atoms with E-state index in [0.29, 0.717) is 17.9 Å². The Balaban J connectivity index is 0.00000259. The molecule has 2 aromatic carbocycles. The number of hydrogen-bond acceptors (Lipinski definition) is 6. The highest BCUT2D eigenvalue weighted by molar-refractivity contribution is 6.08. The van der Waals surface area contributed by atoms with Crippen molar-refractivity contribution in [3.05, 3.63) is 118 Å². The van der Waals surface area contributed by atoms with E-state index in [1.807, 2.05) is 89.3 Å². The molecule has 0 amide bonds. The average molecular weight is 597 g/mol. The molecule has 1 aromatic heterocycles. The lowest BCUT2D eigenvalue weighted by atomic mass is 9.91. The molecule has 44 heavy (non-hydrogen) atoms. The first-order valence-corrected chi connectivity index (χ1v) is 15.3. The van der Waals surface area contributed by atoms with Crippen molar-refractivity contribution in [3.8, 4) is 5.75 Å². The topological polar surface area (TPSA) is 110 Å². The van der Waals surface area contributed by atoms with E-state index < -0.39 is 5.76 Å². The summed E-state index contributed by atoms with van der Waals surface area (Å²) in [5.41, 5.74) is 5.22. The molecule has 0 bridgehead atoms. The normalized spacial score (nSPS) is 15.1. The molecule has 232 valence electrons. The number of H-pyrrole nitrogens is 1. The molecule has 8 heteroatoms. The smallest absolute Gasteiger partial charge is 0.438 e. The Labute approximate surface area is 260 Å². The number of aromatic nitrogens is 2. The molecule has 1 atom stereocenters. The van der Waals surface area contributed by atoms with Gasteiger partial charge in [-0.2, -0.15) is 0 Å². The van der Waals surface area contributed by atoms with Crippen LogP contribution in [0.2, 0.25) is 0 Å². The molecular formula is C36H44N4O4. The van der Waals surface area contributed by atoms with E-state index in [1.54, 1.807) is 0 Å². The molecule has 0 fully saturated rings. The maximum Gasteiger partial charge on any atom is 0.438 e. The third-order valence-corrected chi connectivity index (χ3v) is 6.79. The number of amidine groups is 1. The Morgan fingerprint density at radius 2 is 1.82 bits per heavy atom. The van der Waals surface area contributed by atoms with Crippen molar-refractivity contribution in [2.24, 2.45) is 4.99 Å². The lowest BCUT2D eigenvalue weighted by Gasteiger charge is -2.15. The highest BCUT2D eigenvalue weighted by Gasteiger charge is 2.20. The lowest BCUT2D eigenvalue weighted by Crippen LogP contribution is -2.23. The van der Waals surface area contributed by atoms with Gasteiger partial charge in [0.1, 0.15) is 11.6 Å². The molecule has 1 aliphatic rings. The number of rotatable bonds is 12. The number of aldehydes is 1. The van der Waals surface area contributed by atoms with Crippen LogP contribution in [0.15, 0.2) is 98.9 Å². The summed E-state index contributed by atoms with van der Waals surface area (Å²) in [6, 6.07) is 15.8. The molecule has 0 saturated heterocycles. The summed E-state index contributed by atoms with van der Waals surface area (Å²) >= 11 is 0. The molecular weight excluding hydrogens is 552 g/mol. The summed E-state index contributed by atoms with van der Waals surface area (Å²) in [5.74, 6) is 1.27. The number of ether oxygens (including phenoxy) is 1. The molecule has 2 N–H and O–H groups in total. The fraction of sp³-hybridized carbons (Fsp3) is 0.333. The minimum absolute atomic E-state index is 0.0835. The van der Waals surface area contributed by atoms with Gasteiger partial charge in [-0.3, -0.25) is 19.3 Å². The molecule has 0 spiro atoms. The highest BCUT2D eigenvalue weighted by atomic mass is 16.5. The maximum atomic E-state index is 12.1. The first-order valence-electron chi connectivity index (χ1n) is 15.3. The number of carbonyl (C=O) groups excluding carboxylic acids is 1. The van der Waals surface area contributed by atoms with Crippen molar-refractivity contribution < 1.29 is 14.1 Å². The van der Waals surface area contributed by atoms with Crippen LogP contribution in [0.3, 0.4) is 0 Å². The van der Waals surface area contributed by atoms with Gasteiger partial charge in [0, 0.05) is 17.7 Å². The SMILES string of the molecule is CC.CCCCC(=NCc1ccc(C2=CC=CC=CC2c2noc(=O)[nH]2)cc1)N/C(C)=C(\C=O)c1ccc(OC(C)C)cc1. The molecule has 0 radical (unpaired) electrons. The number of nitrogens with zero attached hydrogens (tertiary/aromatic N) is 2. The summed E-state index contributed by atoms with van der Waals surface area (Å²) in [6.45, 7) is 12.5. The number of carbonyl (C=O) groups is 1. The second kappa shape index (κ2) is 17.4. The fourth-order valence-electron chi connectivity index (χ4n) is 4.65. The van der Waals surface area contributed by atoms with Crippen LogP contribution in [0.4, 0.5) is 0 Å². The van der Waals surface area contributed by atoms with E-state index in [9.17, 15) is 9.59 Å². The Morgan fingerprint density at radius 3 is 2.43 bits per heavy atom. The van der Waals surface area contributed by atoms with Crippen molar-refractivity contribution in [1.29, 1.82) is 0 Å². The molecule has 0 aliphatic heterocycles. The van der Waals surface area contributed by atoms with E-state index in [0.717, 1.165) is 65.1 Å². The second-order valence-electron chi connectivity index (χ2n) is 10.4. The zero-order chi connectivity index (χ0) is 31.9. The summed E-state index contributed by atoms with van der Waals surface area (Å²) in [7, 11) is 0. The van der Waals surface area contributed by atoms with E-state index in [2.05, 4.69) is 46.6 Å². The zero-order valence-electron chi connectivity index (χ0n) is 26.6. The van der Waals surface area contributed by atoms with Crippen molar-refractivity contribution in [2.75, 3.05) is 0 Å². The van der Waals surface area contributed by atoms with E-state index in [1.165, 1.54) is 0 Å². The molecule has 1 heterocycles. The first-order chi connectivity index (χ1) is 21.4. The average Bonchev–Trinajstić information content (AvgIpc) is 3.31. The number of allylic oxidation sites excluding steroid dienone is 8.